The fourth-order valence-electron chi connectivity index (χ4n) is 3.14. The van der Waals surface area contributed by atoms with Crippen LogP contribution < -0.4 is 10.1 Å². The second-order valence-electron chi connectivity index (χ2n) is 7.32. The van der Waals surface area contributed by atoms with Gasteiger partial charge in [-0.2, -0.15) is 0 Å². The minimum Gasteiger partial charge on any atom is -0.483 e. The Hall–Kier alpha value is -3.41. The van der Waals surface area contributed by atoms with E-state index in [9.17, 15) is 9.59 Å². The van der Waals surface area contributed by atoms with Gasteiger partial charge in [0.15, 0.2) is 27.9 Å². The SMILES string of the molecule is CCOC(=O)c1csc(NC(=O)CSc2nnc([C@H](C)Oc3ccc(Cl)cc3)n2-c2ccccc2)n1. The number of benzene rings is 2. The molecule has 186 valence electrons. The van der Waals surface area contributed by atoms with E-state index < -0.39 is 12.1 Å². The van der Waals surface area contributed by atoms with Crippen molar-refractivity contribution in [2.45, 2.75) is 25.1 Å². The van der Waals surface area contributed by atoms with Crippen molar-refractivity contribution < 1.29 is 19.1 Å². The monoisotopic (exact) mass is 543 g/mol. The van der Waals surface area contributed by atoms with Gasteiger partial charge in [0.1, 0.15) is 5.75 Å². The van der Waals surface area contributed by atoms with Crippen LogP contribution in [0.4, 0.5) is 5.13 Å². The lowest BCUT2D eigenvalue weighted by atomic mass is 10.3. The van der Waals surface area contributed by atoms with Crippen LogP contribution in [0.25, 0.3) is 5.69 Å². The van der Waals surface area contributed by atoms with Gasteiger partial charge in [-0.05, 0) is 50.2 Å². The normalized spacial score (nSPS) is 11.6. The van der Waals surface area contributed by atoms with Gasteiger partial charge in [-0.3, -0.25) is 9.36 Å². The fraction of sp³-hybridized carbons (Fsp3) is 0.208. The molecule has 1 N–H and O–H groups in total. The first-order chi connectivity index (χ1) is 17.4. The Morgan fingerprint density at radius 1 is 1.14 bits per heavy atom. The molecule has 0 aliphatic rings. The third-order valence-electron chi connectivity index (χ3n) is 4.73. The zero-order valence-corrected chi connectivity index (χ0v) is 21.8. The molecule has 2 heterocycles. The van der Waals surface area contributed by atoms with Gasteiger partial charge in [0.05, 0.1) is 12.4 Å². The number of hydrogen-bond donors (Lipinski definition) is 1. The quantitative estimate of drug-likeness (QED) is 0.208. The van der Waals surface area contributed by atoms with Crippen molar-refractivity contribution >= 4 is 51.7 Å². The second kappa shape index (κ2) is 12.0. The number of para-hydroxylation sites is 1. The molecule has 2 aromatic heterocycles. The highest BCUT2D eigenvalue weighted by molar-refractivity contribution is 7.99. The highest BCUT2D eigenvalue weighted by Crippen LogP contribution is 2.28. The molecule has 0 spiro atoms. The maximum atomic E-state index is 12.6. The number of rotatable bonds is 10. The molecule has 0 bridgehead atoms. The lowest BCUT2D eigenvalue weighted by Gasteiger charge is -2.16. The summed E-state index contributed by atoms with van der Waals surface area (Å²) in [6, 6.07) is 16.7. The number of nitrogens with one attached hydrogen (secondary N) is 1. The summed E-state index contributed by atoms with van der Waals surface area (Å²) in [6.45, 7) is 3.85. The Morgan fingerprint density at radius 2 is 1.89 bits per heavy atom. The molecule has 12 heteroatoms. The molecule has 0 unspecified atom stereocenters. The fourth-order valence-corrected chi connectivity index (χ4v) is 4.72. The predicted octanol–water partition coefficient (Wildman–Crippen LogP) is 5.42. The van der Waals surface area contributed by atoms with Gasteiger partial charge < -0.3 is 14.8 Å². The minimum absolute atomic E-state index is 0.0612. The standard InChI is InChI=1S/C24H22ClN5O4S2/c1-3-33-22(32)19-13-35-23(26-19)27-20(31)14-36-24-29-28-21(30(24)17-7-5-4-6-8-17)15(2)34-18-11-9-16(25)10-12-18/h4-13,15H,3,14H2,1-2H3,(H,26,27,31)/t15-/m0/s1. The summed E-state index contributed by atoms with van der Waals surface area (Å²) in [5, 5.41) is 14.4. The highest BCUT2D eigenvalue weighted by atomic mass is 35.5. The molecule has 1 amide bonds. The molecular formula is C24H22ClN5O4S2. The van der Waals surface area contributed by atoms with Crippen molar-refractivity contribution in [3.63, 3.8) is 0 Å². The first-order valence-corrected chi connectivity index (χ1v) is 13.2. The molecule has 0 saturated carbocycles. The number of hydrogen-bond acceptors (Lipinski definition) is 9. The summed E-state index contributed by atoms with van der Waals surface area (Å²) in [7, 11) is 0. The summed E-state index contributed by atoms with van der Waals surface area (Å²) < 4.78 is 12.8. The number of carbonyl (C=O) groups excluding carboxylic acids is 2. The van der Waals surface area contributed by atoms with Crippen LogP contribution in [0.3, 0.4) is 0 Å². The molecule has 1 atom stereocenters. The van der Waals surface area contributed by atoms with Crippen LogP contribution in [0.5, 0.6) is 5.75 Å². The molecule has 0 aliphatic carbocycles. The summed E-state index contributed by atoms with van der Waals surface area (Å²) in [5.74, 6) is 0.472. The predicted molar refractivity (Wildman–Crippen MR) is 139 cm³/mol. The molecule has 4 aromatic rings. The van der Waals surface area contributed by atoms with Gasteiger partial charge in [-0.25, -0.2) is 9.78 Å². The maximum absolute atomic E-state index is 12.6. The zero-order chi connectivity index (χ0) is 25.5. The van der Waals surface area contributed by atoms with Crippen molar-refractivity contribution in [2.75, 3.05) is 17.7 Å². The summed E-state index contributed by atoms with van der Waals surface area (Å²) in [5.41, 5.74) is 0.999. The lowest BCUT2D eigenvalue weighted by Crippen LogP contribution is -2.15. The molecule has 0 fully saturated rings. The Labute approximate surface area is 220 Å². The van der Waals surface area contributed by atoms with Crippen LogP contribution in [0.15, 0.2) is 65.1 Å². The topological polar surface area (TPSA) is 108 Å². The minimum atomic E-state index is -0.526. The number of thioether (sulfide) groups is 1. The summed E-state index contributed by atoms with van der Waals surface area (Å²) >= 11 is 8.35. The van der Waals surface area contributed by atoms with Gasteiger partial charge >= 0.3 is 5.97 Å². The van der Waals surface area contributed by atoms with Crippen molar-refractivity contribution in [3.05, 3.63) is 76.5 Å². The van der Waals surface area contributed by atoms with Gasteiger partial charge in [-0.1, -0.05) is 41.6 Å². The van der Waals surface area contributed by atoms with Crippen LogP contribution in [-0.4, -0.2) is 44.0 Å². The van der Waals surface area contributed by atoms with E-state index in [1.807, 2.05) is 41.8 Å². The first kappa shape index (κ1) is 25.7. The second-order valence-corrected chi connectivity index (χ2v) is 9.56. The maximum Gasteiger partial charge on any atom is 0.357 e. The van der Waals surface area contributed by atoms with Crippen LogP contribution in [0.2, 0.25) is 5.02 Å². The van der Waals surface area contributed by atoms with Gasteiger partial charge in [0.25, 0.3) is 0 Å². The summed E-state index contributed by atoms with van der Waals surface area (Å²) in [6.07, 6.45) is -0.432. The van der Waals surface area contributed by atoms with E-state index in [0.717, 1.165) is 17.0 Å². The van der Waals surface area contributed by atoms with Crippen LogP contribution in [0, 0.1) is 0 Å². The number of esters is 1. The Bertz CT molecular complexity index is 1330. The zero-order valence-electron chi connectivity index (χ0n) is 19.4. The van der Waals surface area contributed by atoms with Crippen molar-refractivity contribution in [2.24, 2.45) is 0 Å². The number of aromatic nitrogens is 4. The third kappa shape index (κ3) is 6.42. The number of amides is 1. The van der Waals surface area contributed by atoms with E-state index in [2.05, 4.69) is 20.5 Å². The molecule has 2 aromatic carbocycles. The smallest absolute Gasteiger partial charge is 0.357 e. The molecule has 9 nitrogen and oxygen atoms in total. The number of halogens is 1. The molecule has 4 rings (SSSR count). The number of carbonyl (C=O) groups is 2. The van der Waals surface area contributed by atoms with E-state index in [-0.39, 0.29) is 24.0 Å². The largest absolute Gasteiger partial charge is 0.483 e. The van der Waals surface area contributed by atoms with Crippen molar-refractivity contribution in [1.29, 1.82) is 0 Å². The van der Waals surface area contributed by atoms with E-state index in [4.69, 9.17) is 21.1 Å². The van der Waals surface area contributed by atoms with Crippen molar-refractivity contribution in [1.82, 2.24) is 19.7 Å². The number of anilines is 1. The number of nitrogens with zero attached hydrogens (tertiary/aromatic N) is 4. The molecular weight excluding hydrogens is 522 g/mol. The van der Waals surface area contributed by atoms with Gasteiger partial charge in [0, 0.05) is 16.1 Å². The van der Waals surface area contributed by atoms with Crippen LogP contribution in [0.1, 0.15) is 36.3 Å². The van der Waals surface area contributed by atoms with E-state index in [1.165, 1.54) is 11.8 Å². The number of ether oxygens (including phenoxy) is 2. The highest BCUT2D eigenvalue weighted by Gasteiger charge is 2.22. The first-order valence-electron chi connectivity index (χ1n) is 10.9. The number of thiazole rings is 1. The van der Waals surface area contributed by atoms with E-state index >= 15 is 0 Å². The lowest BCUT2D eigenvalue weighted by molar-refractivity contribution is -0.113. The van der Waals surface area contributed by atoms with E-state index in [1.54, 1.807) is 36.6 Å². The van der Waals surface area contributed by atoms with Crippen LogP contribution >= 0.6 is 34.7 Å². The van der Waals surface area contributed by atoms with Gasteiger partial charge in [0.2, 0.25) is 5.91 Å². The molecule has 0 saturated heterocycles. The molecule has 36 heavy (non-hydrogen) atoms. The van der Waals surface area contributed by atoms with Crippen LogP contribution in [-0.2, 0) is 9.53 Å². The van der Waals surface area contributed by atoms with Crippen molar-refractivity contribution in [3.8, 4) is 11.4 Å². The van der Waals surface area contributed by atoms with Gasteiger partial charge in [-0.15, -0.1) is 21.5 Å². The average Bonchev–Trinajstić information content (AvgIpc) is 3.52. The summed E-state index contributed by atoms with van der Waals surface area (Å²) in [4.78, 5) is 28.5. The molecule has 0 radical (unpaired) electrons. The molecule has 0 aliphatic heterocycles. The Kier molecular flexibility index (Phi) is 8.57. The third-order valence-corrected chi connectivity index (χ3v) is 6.67. The Balaban J connectivity index is 1.48. The average molecular weight is 544 g/mol. The van der Waals surface area contributed by atoms with E-state index in [0.29, 0.717) is 26.9 Å². The Morgan fingerprint density at radius 3 is 2.61 bits per heavy atom.